The highest BCUT2D eigenvalue weighted by molar-refractivity contribution is 6.02. The summed E-state index contributed by atoms with van der Waals surface area (Å²) in [6.45, 7) is 17.5. The molecule has 3 saturated carbocycles. The number of hydrogen-bond acceptors (Lipinski definition) is 5. The van der Waals surface area contributed by atoms with Crippen LogP contribution in [0.5, 0.6) is 0 Å². The molecule has 0 bridgehead atoms. The van der Waals surface area contributed by atoms with E-state index in [4.69, 9.17) is 9.47 Å². The molecule has 0 radical (unpaired) electrons. The molecule has 250 valence electrons. The Bertz CT molecular complexity index is 1480. The fourth-order valence-electron chi connectivity index (χ4n) is 11.5. The molecule has 8 unspecified atom stereocenters. The Morgan fingerprint density at radius 1 is 0.957 bits per heavy atom. The first kappa shape index (κ1) is 33.0. The number of ether oxygens (including phenoxy) is 2. The summed E-state index contributed by atoms with van der Waals surface area (Å²) >= 11 is 0. The van der Waals surface area contributed by atoms with Crippen molar-refractivity contribution in [3.05, 3.63) is 52.6 Å². The quantitative estimate of drug-likeness (QED) is 0.336. The number of esters is 1. The molecule has 6 heteroatoms. The summed E-state index contributed by atoms with van der Waals surface area (Å²) in [6.07, 6.45) is 9.97. The van der Waals surface area contributed by atoms with Gasteiger partial charge in [0.2, 0.25) is 0 Å². The zero-order valence-electron chi connectivity index (χ0n) is 29.5. The molecule has 0 heterocycles. The molecule has 0 aliphatic heterocycles. The van der Waals surface area contributed by atoms with Gasteiger partial charge in [0.1, 0.15) is 5.60 Å². The van der Waals surface area contributed by atoms with Crippen LogP contribution in [-0.2, 0) is 14.3 Å². The first-order chi connectivity index (χ1) is 21.5. The summed E-state index contributed by atoms with van der Waals surface area (Å²) < 4.78 is 10.7. The number of rotatable bonds is 4. The van der Waals surface area contributed by atoms with Crippen molar-refractivity contribution in [3.63, 3.8) is 0 Å². The molecule has 0 spiro atoms. The van der Waals surface area contributed by atoms with Gasteiger partial charge in [-0.1, -0.05) is 52.8 Å². The van der Waals surface area contributed by atoms with Crippen molar-refractivity contribution in [2.45, 2.75) is 118 Å². The predicted octanol–water partition coefficient (Wildman–Crippen LogP) is 8.94. The number of methoxy groups -OCH3 is 1. The second kappa shape index (κ2) is 11.4. The second-order valence-electron chi connectivity index (χ2n) is 17.1. The van der Waals surface area contributed by atoms with Crippen LogP contribution >= 0.6 is 0 Å². The number of nitrogens with one attached hydrogen (secondary N) is 1. The molecule has 1 N–H and O–H groups in total. The van der Waals surface area contributed by atoms with Gasteiger partial charge in [0.05, 0.1) is 18.2 Å². The number of amides is 1. The second-order valence-corrected chi connectivity index (χ2v) is 17.1. The molecule has 1 aromatic carbocycles. The van der Waals surface area contributed by atoms with Crippen molar-refractivity contribution >= 4 is 23.4 Å². The van der Waals surface area contributed by atoms with E-state index in [9.17, 15) is 14.4 Å². The van der Waals surface area contributed by atoms with Gasteiger partial charge in [-0.15, -0.1) is 0 Å². The number of allylic oxidation sites excluding steroid dienone is 3. The van der Waals surface area contributed by atoms with Crippen LogP contribution < -0.4 is 5.32 Å². The van der Waals surface area contributed by atoms with Crippen LogP contribution in [0.2, 0.25) is 0 Å². The maximum absolute atomic E-state index is 13.7. The number of alkyl carbamates (subject to hydrolysis) is 1. The number of ketones is 1. The molecule has 5 aliphatic rings. The Morgan fingerprint density at radius 3 is 2.26 bits per heavy atom. The van der Waals surface area contributed by atoms with Crippen molar-refractivity contribution in [1.29, 1.82) is 0 Å². The summed E-state index contributed by atoms with van der Waals surface area (Å²) in [4.78, 5) is 38.9. The normalized spacial score (nSPS) is 37.0. The monoisotopic (exact) mass is 629 g/mol. The highest BCUT2D eigenvalue weighted by Gasteiger charge is 2.64. The van der Waals surface area contributed by atoms with Crippen LogP contribution in [0.3, 0.4) is 0 Å². The van der Waals surface area contributed by atoms with E-state index in [-0.39, 0.29) is 28.5 Å². The van der Waals surface area contributed by atoms with Gasteiger partial charge in [-0.25, -0.2) is 9.59 Å². The van der Waals surface area contributed by atoms with Crippen molar-refractivity contribution in [3.8, 4) is 0 Å². The lowest BCUT2D eigenvalue weighted by Crippen LogP contribution is -2.61. The fraction of sp³-hybridized carbons (Fsp3) is 0.675. The molecular formula is C40H55NO5. The molecule has 8 atom stereocenters. The number of carbonyl (C=O) groups is 3. The Labute approximate surface area is 276 Å². The third-order valence-corrected chi connectivity index (χ3v) is 13.2. The van der Waals surface area contributed by atoms with E-state index >= 15 is 0 Å². The maximum atomic E-state index is 13.7. The lowest BCUT2D eigenvalue weighted by atomic mass is 9.38. The maximum Gasteiger partial charge on any atom is 0.408 e. The Kier molecular flexibility index (Phi) is 8.16. The van der Waals surface area contributed by atoms with Crippen molar-refractivity contribution < 1.29 is 23.9 Å². The Hall–Kier alpha value is -2.89. The molecule has 0 saturated heterocycles. The van der Waals surface area contributed by atoms with Crippen LogP contribution in [-0.4, -0.2) is 36.1 Å². The highest BCUT2D eigenvalue weighted by atomic mass is 16.6. The molecular weight excluding hydrogens is 574 g/mol. The van der Waals surface area contributed by atoms with Gasteiger partial charge < -0.3 is 14.8 Å². The van der Waals surface area contributed by atoms with E-state index in [1.54, 1.807) is 0 Å². The average molecular weight is 630 g/mol. The lowest BCUT2D eigenvalue weighted by Gasteiger charge is -2.66. The van der Waals surface area contributed by atoms with Gasteiger partial charge in [0, 0.05) is 6.42 Å². The van der Waals surface area contributed by atoms with Gasteiger partial charge in [0.25, 0.3) is 0 Å². The first-order valence-corrected chi connectivity index (χ1v) is 17.7. The minimum absolute atomic E-state index is 0.131. The minimum Gasteiger partial charge on any atom is -0.465 e. The largest absolute Gasteiger partial charge is 0.465 e. The van der Waals surface area contributed by atoms with Gasteiger partial charge in [0.15, 0.2) is 5.78 Å². The van der Waals surface area contributed by atoms with E-state index in [0.29, 0.717) is 41.6 Å². The third-order valence-electron chi connectivity index (χ3n) is 13.2. The van der Waals surface area contributed by atoms with Gasteiger partial charge in [-0.2, -0.15) is 0 Å². The van der Waals surface area contributed by atoms with E-state index in [1.165, 1.54) is 36.7 Å². The summed E-state index contributed by atoms with van der Waals surface area (Å²) in [6, 6.07) is 7.93. The van der Waals surface area contributed by atoms with Crippen LogP contribution in [0.4, 0.5) is 4.79 Å². The number of fused-ring (bicyclic) bond motifs is 7. The van der Waals surface area contributed by atoms with E-state index < -0.39 is 17.2 Å². The van der Waals surface area contributed by atoms with Crippen LogP contribution in [0.15, 0.2) is 41.5 Å². The van der Waals surface area contributed by atoms with E-state index in [0.717, 1.165) is 37.7 Å². The molecule has 6 rings (SSSR count). The third kappa shape index (κ3) is 5.17. The number of Topliss-reactive ketones (excluding diaryl/α,β-unsaturated/α-hetero) is 1. The molecule has 0 aromatic heterocycles. The Morgan fingerprint density at radius 2 is 1.63 bits per heavy atom. The fourth-order valence-corrected chi connectivity index (χ4v) is 11.5. The summed E-state index contributed by atoms with van der Waals surface area (Å²) in [7, 11) is 1.42. The van der Waals surface area contributed by atoms with Crippen LogP contribution in [0.25, 0.3) is 5.57 Å². The number of carbonyl (C=O) groups excluding carboxylic acids is 3. The lowest BCUT2D eigenvalue weighted by molar-refractivity contribution is -0.143. The summed E-state index contributed by atoms with van der Waals surface area (Å²) in [5.74, 6) is 2.49. The zero-order chi connectivity index (χ0) is 33.4. The van der Waals surface area contributed by atoms with Crippen molar-refractivity contribution in [2.24, 2.45) is 46.3 Å². The van der Waals surface area contributed by atoms with Gasteiger partial charge in [-0.3, -0.25) is 4.79 Å². The summed E-state index contributed by atoms with van der Waals surface area (Å²) in [5.41, 5.74) is 4.59. The summed E-state index contributed by atoms with van der Waals surface area (Å²) in [5, 5.41) is 3.30. The van der Waals surface area contributed by atoms with Crippen molar-refractivity contribution in [1.82, 2.24) is 5.32 Å². The zero-order valence-corrected chi connectivity index (χ0v) is 29.5. The number of hydrogen-bond donors (Lipinski definition) is 1. The molecule has 6 nitrogen and oxygen atoms in total. The predicted molar refractivity (Wildman–Crippen MR) is 181 cm³/mol. The first-order valence-electron chi connectivity index (χ1n) is 17.7. The topological polar surface area (TPSA) is 81.7 Å². The van der Waals surface area contributed by atoms with E-state index in [1.807, 2.05) is 32.9 Å². The number of benzene rings is 1. The molecule has 1 aromatic rings. The van der Waals surface area contributed by atoms with Crippen LogP contribution in [0, 0.1) is 46.3 Å². The molecule has 5 aliphatic carbocycles. The van der Waals surface area contributed by atoms with E-state index in [2.05, 4.69) is 58.1 Å². The minimum atomic E-state index is -0.620. The van der Waals surface area contributed by atoms with Crippen LogP contribution in [0.1, 0.15) is 123 Å². The SMILES string of the molecule is COC(=O)c1ccc(C2=CCC3(C)C(CCC4(C)C5CCC6(NC(=O)OC(C)(C)C)CC(=O)C(C(C)C)=C6C5CCC34)C2C)cc1. The van der Waals surface area contributed by atoms with Crippen molar-refractivity contribution in [2.75, 3.05) is 7.11 Å². The highest BCUT2D eigenvalue weighted by Crippen LogP contribution is 2.70. The van der Waals surface area contributed by atoms with Gasteiger partial charge in [-0.05, 0) is 146 Å². The molecule has 46 heavy (non-hydrogen) atoms. The Balaban J connectivity index is 1.30. The smallest absolute Gasteiger partial charge is 0.408 e. The molecule has 3 fully saturated rings. The standard InChI is InChI=1S/C40H55NO5/c1-23(2)33-31(42)22-40(41-36(44)46-37(4,5)6)21-18-30-28(34(33)40)14-15-32-38(7)19-16-27(24(3)29(38)17-20-39(30,32)8)25-10-12-26(13-11-25)35(43)45-9/h10-13,16,23-24,28-30,32H,14-15,17-22H2,1-9H3,(H,41,44). The molecule has 1 amide bonds. The van der Waals surface area contributed by atoms with Gasteiger partial charge >= 0.3 is 12.1 Å². The average Bonchev–Trinajstić information content (AvgIpc) is 3.27.